The van der Waals surface area contributed by atoms with Crippen molar-refractivity contribution in [3.8, 4) is 0 Å². The first-order valence-corrected chi connectivity index (χ1v) is 15.1. The van der Waals surface area contributed by atoms with Crippen LogP contribution in [-0.4, -0.2) is 55.5 Å². The normalized spacial score (nSPS) is 16.4. The number of rotatable bonds is 11. The molecule has 1 aromatic heterocycles. The van der Waals surface area contributed by atoms with Crippen LogP contribution in [0.3, 0.4) is 0 Å². The molecule has 11 heteroatoms. The number of aromatic nitrogens is 1. The number of benzene rings is 1. The molecule has 2 aliphatic rings. The van der Waals surface area contributed by atoms with Gasteiger partial charge in [-0.3, -0.25) is 19.1 Å². The molecule has 0 radical (unpaired) electrons. The summed E-state index contributed by atoms with van der Waals surface area (Å²) in [5.74, 6) is -0.823. The molecule has 2 amide bonds. The van der Waals surface area contributed by atoms with Crippen LogP contribution in [0.5, 0.6) is 0 Å². The van der Waals surface area contributed by atoms with E-state index in [0.717, 1.165) is 6.42 Å². The van der Waals surface area contributed by atoms with E-state index in [1.165, 1.54) is 0 Å². The van der Waals surface area contributed by atoms with E-state index in [9.17, 15) is 22.8 Å². The summed E-state index contributed by atoms with van der Waals surface area (Å²) in [7, 11) is -3.81. The van der Waals surface area contributed by atoms with Gasteiger partial charge in [-0.2, -0.15) is 0 Å². The zero-order chi connectivity index (χ0) is 28.0. The van der Waals surface area contributed by atoms with Crippen LogP contribution >= 0.6 is 11.6 Å². The van der Waals surface area contributed by atoms with Gasteiger partial charge >= 0.3 is 0 Å². The number of allylic oxidation sites excluding steroid dienone is 1. The van der Waals surface area contributed by atoms with E-state index in [0.29, 0.717) is 73.0 Å². The van der Waals surface area contributed by atoms with Crippen molar-refractivity contribution in [3.63, 3.8) is 0 Å². The van der Waals surface area contributed by atoms with Gasteiger partial charge < -0.3 is 9.80 Å². The summed E-state index contributed by atoms with van der Waals surface area (Å²) in [5, 5.41) is 0.321. The van der Waals surface area contributed by atoms with E-state index in [2.05, 4.69) is 11.3 Å². The molecule has 3 heterocycles. The second kappa shape index (κ2) is 12.7. The lowest BCUT2D eigenvalue weighted by Gasteiger charge is -2.33. The molecular formula is C28H33ClN4O5S. The first kappa shape index (κ1) is 28.8. The molecule has 2 aromatic rings. The number of nitrogens with one attached hydrogen (secondary N) is 1. The summed E-state index contributed by atoms with van der Waals surface area (Å²) >= 11 is 6.61. The molecule has 0 aliphatic carbocycles. The molecule has 0 atom stereocenters. The SMILES string of the molecule is C=CCCC(=O)c1cc(Cl)c(N2CCC(C(=O)NS(=O)(=O)Cc3ccccc3)CC2)nc1CN1CCCC1=O. The molecule has 2 fully saturated rings. The molecule has 1 N–H and O–H groups in total. The number of hydrogen-bond donors (Lipinski definition) is 1. The lowest BCUT2D eigenvalue weighted by Crippen LogP contribution is -2.43. The fourth-order valence-electron chi connectivity index (χ4n) is 4.94. The summed E-state index contributed by atoms with van der Waals surface area (Å²) in [5.41, 5.74) is 1.51. The first-order valence-electron chi connectivity index (χ1n) is 13.1. The molecule has 1 aromatic carbocycles. The number of anilines is 1. The number of halogens is 1. The van der Waals surface area contributed by atoms with Gasteiger partial charge in [-0.25, -0.2) is 13.4 Å². The Hall–Kier alpha value is -3.24. The highest BCUT2D eigenvalue weighted by Gasteiger charge is 2.30. The molecule has 39 heavy (non-hydrogen) atoms. The van der Waals surface area contributed by atoms with E-state index in [1.807, 2.05) is 4.90 Å². The van der Waals surface area contributed by atoms with E-state index >= 15 is 0 Å². The van der Waals surface area contributed by atoms with Crippen LogP contribution in [0.15, 0.2) is 49.1 Å². The van der Waals surface area contributed by atoms with Crippen LogP contribution in [0.25, 0.3) is 0 Å². The molecule has 208 valence electrons. The number of likely N-dealkylation sites (tertiary alicyclic amines) is 1. The number of pyridine rings is 1. The maximum absolute atomic E-state index is 12.9. The van der Waals surface area contributed by atoms with Gasteiger partial charge in [0, 0.05) is 44.0 Å². The van der Waals surface area contributed by atoms with Crippen molar-refractivity contribution in [2.75, 3.05) is 24.5 Å². The smallest absolute Gasteiger partial charge is 0.239 e. The molecule has 9 nitrogen and oxygen atoms in total. The summed E-state index contributed by atoms with van der Waals surface area (Å²) < 4.78 is 27.2. The number of piperidine rings is 1. The van der Waals surface area contributed by atoms with Gasteiger partial charge in [0.15, 0.2) is 5.78 Å². The van der Waals surface area contributed by atoms with E-state index in [4.69, 9.17) is 16.6 Å². The third-order valence-electron chi connectivity index (χ3n) is 7.05. The van der Waals surface area contributed by atoms with Gasteiger partial charge in [0.2, 0.25) is 21.8 Å². The Kier molecular flexibility index (Phi) is 9.40. The van der Waals surface area contributed by atoms with Crippen LogP contribution in [0, 0.1) is 5.92 Å². The number of Topliss-reactive ketones (excluding diaryl/α,β-unsaturated/α-hetero) is 1. The van der Waals surface area contributed by atoms with Crippen LogP contribution in [-0.2, 0) is 31.9 Å². The molecular weight excluding hydrogens is 540 g/mol. The largest absolute Gasteiger partial charge is 0.355 e. The van der Waals surface area contributed by atoms with Crippen molar-refractivity contribution >= 4 is 45.0 Å². The monoisotopic (exact) mass is 572 g/mol. The van der Waals surface area contributed by atoms with Gasteiger partial charge in [0.1, 0.15) is 5.82 Å². The Bertz CT molecular complexity index is 1340. The molecule has 2 saturated heterocycles. The molecule has 4 rings (SSSR count). The standard InChI is InChI=1S/C28H33ClN4O5S/c1-2-3-10-25(34)22-17-23(29)27(30-24(22)18-33-14-7-11-26(33)35)32-15-12-21(13-16-32)28(36)31-39(37,38)19-20-8-5-4-6-9-20/h2,4-6,8-9,17,21H,1,3,7,10-16,18-19H2,(H,31,36). The van der Waals surface area contributed by atoms with E-state index in [1.54, 1.807) is 47.4 Å². The molecule has 0 saturated carbocycles. The lowest BCUT2D eigenvalue weighted by molar-refractivity contribution is -0.128. The highest BCUT2D eigenvalue weighted by molar-refractivity contribution is 7.89. The van der Waals surface area contributed by atoms with Gasteiger partial charge in [-0.05, 0) is 37.3 Å². The Morgan fingerprint density at radius 3 is 2.51 bits per heavy atom. The number of hydrogen-bond acceptors (Lipinski definition) is 7. The number of amides is 2. The van der Waals surface area contributed by atoms with E-state index < -0.39 is 21.8 Å². The van der Waals surface area contributed by atoms with Gasteiger partial charge in [0.05, 0.1) is 23.0 Å². The number of carbonyl (C=O) groups excluding carboxylic acids is 3. The van der Waals surface area contributed by atoms with Crippen molar-refractivity contribution < 1.29 is 22.8 Å². The minimum absolute atomic E-state index is 0.0341. The number of ketones is 1. The molecule has 0 unspecified atom stereocenters. The number of sulfonamides is 1. The maximum atomic E-state index is 12.9. The van der Waals surface area contributed by atoms with Crippen molar-refractivity contribution in [1.29, 1.82) is 0 Å². The zero-order valence-corrected chi connectivity index (χ0v) is 23.3. The average Bonchev–Trinajstić information content (AvgIpc) is 3.32. The summed E-state index contributed by atoms with van der Waals surface area (Å²) in [6.07, 6.45) is 4.58. The van der Waals surface area contributed by atoms with Gasteiger partial charge in [-0.15, -0.1) is 6.58 Å². The van der Waals surface area contributed by atoms with Crippen molar-refractivity contribution in [3.05, 3.63) is 70.9 Å². The average molecular weight is 573 g/mol. The predicted molar refractivity (Wildman–Crippen MR) is 150 cm³/mol. The van der Waals surface area contributed by atoms with Gasteiger partial charge in [-0.1, -0.05) is 48.0 Å². The van der Waals surface area contributed by atoms with E-state index in [-0.39, 0.29) is 30.4 Å². The quantitative estimate of drug-likeness (QED) is 0.321. The Labute approximate surface area is 234 Å². The van der Waals surface area contributed by atoms with Crippen molar-refractivity contribution in [2.24, 2.45) is 5.92 Å². The lowest BCUT2D eigenvalue weighted by atomic mass is 9.96. The Balaban J connectivity index is 1.45. The second-order valence-corrected chi connectivity index (χ2v) is 12.1. The van der Waals surface area contributed by atoms with Crippen molar-refractivity contribution in [1.82, 2.24) is 14.6 Å². The van der Waals surface area contributed by atoms with Gasteiger partial charge in [0.25, 0.3) is 0 Å². The van der Waals surface area contributed by atoms with Crippen LogP contribution in [0.2, 0.25) is 5.02 Å². The minimum Gasteiger partial charge on any atom is -0.355 e. The van der Waals surface area contributed by atoms with Crippen molar-refractivity contribution in [2.45, 2.75) is 50.8 Å². The van der Waals surface area contributed by atoms with Crippen LogP contribution in [0.1, 0.15) is 60.1 Å². The third-order valence-corrected chi connectivity index (χ3v) is 8.55. The fraction of sp³-hybridized carbons (Fsp3) is 0.429. The minimum atomic E-state index is -3.81. The molecule has 0 bridgehead atoms. The van der Waals surface area contributed by atoms with Crippen LogP contribution in [0.4, 0.5) is 5.82 Å². The molecule has 0 spiro atoms. The fourth-order valence-corrected chi connectivity index (χ4v) is 6.39. The highest BCUT2D eigenvalue weighted by atomic mass is 35.5. The summed E-state index contributed by atoms with van der Waals surface area (Å²) in [4.78, 5) is 46.3. The number of nitrogens with zero attached hydrogens (tertiary/aromatic N) is 3. The Morgan fingerprint density at radius 2 is 1.87 bits per heavy atom. The zero-order valence-electron chi connectivity index (χ0n) is 21.8. The topological polar surface area (TPSA) is 117 Å². The third kappa shape index (κ3) is 7.45. The summed E-state index contributed by atoms with van der Waals surface area (Å²) in [6.45, 7) is 5.41. The number of carbonyl (C=O) groups is 3. The first-order chi connectivity index (χ1) is 18.7. The van der Waals surface area contributed by atoms with Crippen LogP contribution < -0.4 is 9.62 Å². The summed E-state index contributed by atoms with van der Waals surface area (Å²) in [6, 6.07) is 10.3. The maximum Gasteiger partial charge on any atom is 0.239 e. The highest BCUT2D eigenvalue weighted by Crippen LogP contribution is 2.31. The Morgan fingerprint density at radius 1 is 1.15 bits per heavy atom. The second-order valence-electron chi connectivity index (χ2n) is 9.93. The molecule has 2 aliphatic heterocycles. The predicted octanol–water partition coefficient (Wildman–Crippen LogP) is 3.87.